The lowest BCUT2D eigenvalue weighted by molar-refractivity contribution is 0.000326. The molecule has 0 aliphatic heterocycles. The third-order valence-corrected chi connectivity index (χ3v) is 3.78. The van der Waals surface area contributed by atoms with E-state index in [1.165, 1.54) is 6.07 Å². The van der Waals surface area contributed by atoms with E-state index in [4.69, 9.17) is 4.74 Å². The zero-order valence-corrected chi connectivity index (χ0v) is 12.1. The average Bonchev–Trinajstić information content (AvgIpc) is 2.85. The SMILES string of the molecule is CCCNCc1ccc(OCC2(O)CCCC2)c(F)c1. The predicted octanol–water partition coefficient (Wildman–Crippen LogP) is 3.01. The van der Waals surface area contributed by atoms with Crippen LogP contribution in [0.1, 0.15) is 44.6 Å². The van der Waals surface area contributed by atoms with Crippen LogP contribution in [0.15, 0.2) is 18.2 Å². The van der Waals surface area contributed by atoms with Gasteiger partial charge in [0.25, 0.3) is 0 Å². The highest BCUT2D eigenvalue weighted by atomic mass is 19.1. The lowest BCUT2D eigenvalue weighted by Crippen LogP contribution is -2.32. The molecule has 0 radical (unpaired) electrons. The molecule has 1 aromatic rings. The van der Waals surface area contributed by atoms with Gasteiger partial charge >= 0.3 is 0 Å². The normalized spacial score (nSPS) is 17.4. The summed E-state index contributed by atoms with van der Waals surface area (Å²) in [6.45, 7) is 3.86. The largest absolute Gasteiger partial charge is 0.488 e. The summed E-state index contributed by atoms with van der Waals surface area (Å²) in [5, 5.41) is 13.4. The van der Waals surface area contributed by atoms with Gasteiger partial charge in [0.15, 0.2) is 11.6 Å². The molecule has 0 aromatic heterocycles. The molecule has 1 aliphatic carbocycles. The fraction of sp³-hybridized carbons (Fsp3) is 0.625. The fourth-order valence-electron chi connectivity index (χ4n) is 2.57. The van der Waals surface area contributed by atoms with Crippen LogP contribution in [-0.2, 0) is 6.54 Å². The topological polar surface area (TPSA) is 41.5 Å². The van der Waals surface area contributed by atoms with Gasteiger partial charge in [-0.1, -0.05) is 25.8 Å². The molecular weight excluding hydrogens is 257 g/mol. The summed E-state index contributed by atoms with van der Waals surface area (Å²) in [6, 6.07) is 5.01. The Bertz CT molecular complexity index is 430. The minimum atomic E-state index is -0.770. The molecule has 0 bridgehead atoms. The number of nitrogens with one attached hydrogen (secondary N) is 1. The average molecular weight is 281 g/mol. The van der Waals surface area contributed by atoms with Crippen molar-refractivity contribution < 1.29 is 14.2 Å². The first-order chi connectivity index (χ1) is 9.63. The van der Waals surface area contributed by atoms with E-state index >= 15 is 0 Å². The molecule has 112 valence electrons. The Morgan fingerprint density at radius 3 is 2.75 bits per heavy atom. The molecule has 0 heterocycles. The fourth-order valence-corrected chi connectivity index (χ4v) is 2.57. The Kier molecular flexibility index (Phi) is 5.38. The van der Waals surface area contributed by atoms with E-state index in [-0.39, 0.29) is 18.2 Å². The summed E-state index contributed by atoms with van der Waals surface area (Å²) >= 11 is 0. The molecule has 0 spiro atoms. The zero-order chi connectivity index (χ0) is 14.4. The maximum atomic E-state index is 13.9. The lowest BCUT2D eigenvalue weighted by Gasteiger charge is -2.22. The first kappa shape index (κ1) is 15.3. The van der Waals surface area contributed by atoms with Crippen molar-refractivity contribution in [3.05, 3.63) is 29.6 Å². The minimum Gasteiger partial charge on any atom is -0.488 e. The number of ether oxygens (including phenoxy) is 1. The van der Waals surface area contributed by atoms with Gasteiger partial charge in [-0.15, -0.1) is 0 Å². The van der Waals surface area contributed by atoms with Gasteiger partial charge < -0.3 is 15.2 Å². The highest BCUT2D eigenvalue weighted by Crippen LogP contribution is 2.30. The van der Waals surface area contributed by atoms with Crippen LogP contribution in [-0.4, -0.2) is 23.9 Å². The van der Waals surface area contributed by atoms with Gasteiger partial charge in [-0.3, -0.25) is 0 Å². The number of halogens is 1. The van der Waals surface area contributed by atoms with E-state index < -0.39 is 5.60 Å². The molecule has 0 atom stereocenters. The second-order valence-electron chi connectivity index (χ2n) is 5.66. The van der Waals surface area contributed by atoms with Gasteiger partial charge in [0.1, 0.15) is 6.61 Å². The van der Waals surface area contributed by atoms with Crippen molar-refractivity contribution in [2.24, 2.45) is 0 Å². The van der Waals surface area contributed by atoms with Crippen molar-refractivity contribution in [1.29, 1.82) is 0 Å². The number of hydrogen-bond acceptors (Lipinski definition) is 3. The maximum absolute atomic E-state index is 13.9. The predicted molar refractivity (Wildman–Crippen MR) is 77.3 cm³/mol. The molecule has 3 nitrogen and oxygen atoms in total. The van der Waals surface area contributed by atoms with E-state index in [0.29, 0.717) is 6.54 Å². The van der Waals surface area contributed by atoms with Crippen LogP contribution in [0.4, 0.5) is 4.39 Å². The van der Waals surface area contributed by atoms with Crippen LogP contribution in [0, 0.1) is 5.82 Å². The van der Waals surface area contributed by atoms with Crippen LogP contribution < -0.4 is 10.1 Å². The molecule has 1 fully saturated rings. The van der Waals surface area contributed by atoms with Crippen molar-refractivity contribution in [1.82, 2.24) is 5.32 Å². The van der Waals surface area contributed by atoms with Crippen molar-refractivity contribution >= 4 is 0 Å². The third-order valence-electron chi connectivity index (χ3n) is 3.78. The molecule has 4 heteroatoms. The molecule has 0 saturated heterocycles. The van der Waals surface area contributed by atoms with Crippen LogP contribution in [0.2, 0.25) is 0 Å². The Morgan fingerprint density at radius 2 is 2.10 bits per heavy atom. The van der Waals surface area contributed by atoms with Crippen molar-refractivity contribution in [2.75, 3.05) is 13.2 Å². The van der Waals surface area contributed by atoms with Crippen LogP contribution >= 0.6 is 0 Å². The molecule has 1 saturated carbocycles. The standard InChI is InChI=1S/C16H24FNO2/c1-2-9-18-11-13-5-6-15(14(17)10-13)20-12-16(19)7-3-4-8-16/h5-6,10,18-19H,2-4,7-9,11-12H2,1H3. The van der Waals surface area contributed by atoms with Gasteiger partial charge in [0.05, 0.1) is 5.60 Å². The third kappa shape index (κ3) is 4.18. The first-order valence-corrected chi connectivity index (χ1v) is 7.47. The Labute approximate surface area is 120 Å². The monoisotopic (exact) mass is 281 g/mol. The highest BCUT2D eigenvalue weighted by Gasteiger charge is 2.32. The Morgan fingerprint density at radius 1 is 1.35 bits per heavy atom. The lowest BCUT2D eigenvalue weighted by atomic mass is 10.0. The Balaban J connectivity index is 1.88. The number of benzene rings is 1. The van der Waals surface area contributed by atoms with Crippen molar-refractivity contribution in [3.63, 3.8) is 0 Å². The minimum absolute atomic E-state index is 0.178. The maximum Gasteiger partial charge on any atom is 0.165 e. The summed E-state index contributed by atoms with van der Waals surface area (Å²) < 4.78 is 19.4. The van der Waals surface area contributed by atoms with Gasteiger partial charge in [0.2, 0.25) is 0 Å². The van der Waals surface area contributed by atoms with Crippen molar-refractivity contribution in [3.8, 4) is 5.75 Å². The molecule has 20 heavy (non-hydrogen) atoms. The van der Waals surface area contributed by atoms with Crippen LogP contribution in [0.25, 0.3) is 0 Å². The molecule has 0 amide bonds. The van der Waals surface area contributed by atoms with Crippen molar-refractivity contribution in [2.45, 2.75) is 51.2 Å². The van der Waals surface area contributed by atoms with E-state index in [2.05, 4.69) is 12.2 Å². The van der Waals surface area contributed by atoms with E-state index in [0.717, 1.165) is 44.2 Å². The van der Waals surface area contributed by atoms with Crippen LogP contribution in [0.3, 0.4) is 0 Å². The summed E-state index contributed by atoms with van der Waals surface area (Å²) in [7, 11) is 0. The summed E-state index contributed by atoms with van der Waals surface area (Å²) in [6.07, 6.45) is 4.58. The summed E-state index contributed by atoms with van der Waals surface area (Å²) in [5.74, 6) is -0.132. The van der Waals surface area contributed by atoms with E-state index in [9.17, 15) is 9.50 Å². The van der Waals surface area contributed by atoms with E-state index in [1.807, 2.05) is 6.07 Å². The van der Waals surface area contributed by atoms with Gasteiger partial charge in [-0.05, 0) is 43.5 Å². The summed E-state index contributed by atoms with van der Waals surface area (Å²) in [4.78, 5) is 0. The van der Waals surface area contributed by atoms with E-state index in [1.54, 1.807) is 6.07 Å². The second-order valence-corrected chi connectivity index (χ2v) is 5.66. The Hall–Kier alpha value is -1.13. The van der Waals surface area contributed by atoms with Gasteiger partial charge in [0, 0.05) is 6.54 Å². The van der Waals surface area contributed by atoms with Gasteiger partial charge in [-0.2, -0.15) is 0 Å². The molecule has 2 N–H and O–H groups in total. The number of aliphatic hydroxyl groups is 1. The molecule has 1 aliphatic rings. The first-order valence-electron chi connectivity index (χ1n) is 7.47. The molecule has 0 unspecified atom stereocenters. The number of hydrogen-bond donors (Lipinski definition) is 2. The van der Waals surface area contributed by atoms with Crippen LogP contribution in [0.5, 0.6) is 5.75 Å². The quantitative estimate of drug-likeness (QED) is 0.755. The number of rotatable bonds is 7. The molecular formula is C16H24FNO2. The highest BCUT2D eigenvalue weighted by molar-refractivity contribution is 5.29. The van der Waals surface area contributed by atoms with Gasteiger partial charge in [-0.25, -0.2) is 4.39 Å². The summed E-state index contributed by atoms with van der Waals surface area (Å²) in [5.41, 5.74) is 0.135. The second kappa shape index (κ2) is 7.04. The molecule has 1 aromatic carbocycles. The molecule has 2 rings (SSSR count). The smallest absolute Gasteiger partial charge is 0.165 e. The zero-order valence-electron chi connectivity index (χ0n) is 12.1.